The van der Waals surface area contributed by atoms with E-state index in [2.05, 4.69) is 46.3 Å². The minimum Gasteiger partial charge on any atom is -0.298 e. The van der Waals surface area contributed by atoms with E-state index in [1.165, 1.54) is 48.3 Å². The van der Waals surface area contributed by atoms with Crippen LogP contribution in [0.2, 0.25) is 0 Å². The summed E-state index contributed by atoms with van der Waals surface area (Å²) in [6.45, 7) is 0. The minimum atomic E-state index is 0.846. The second-order valence-corrected chi connectivity index (χ2v) is 7.72. The van der Waals surface area contributed by atoms with Crippen LogP contribution in [0.25, 0.3) is 0 Å². The van der Waals surface area contributed by atoms with E-state index in [1.807, 2.05) is 30.0 Å². The topological polar surface area (TPSA) is 17.1 Å². The lowest BCUT2D eigenvalue weighted by molar-refractivity contribution is 0.112. The predicted molar refractivity (Wildman–Crippen MR) is 103 cm³/mol. The Balaban J connectivity index is 1.52. The lowest BCUT2D eigenvalue weighted by atomic mass is 10.0. The van der Waals surface area contributed by atoms with Gasteiger partial charge < -0.3 is 0 Å². The first-order valence-corrected chi connectivity index (χ1v) is 9.99. The third-order valence-corrected chi connectivity index (χ3v) is 5.48. The van der Waals surface area contributed by atoms with Crippen LogP contribution in [0, 0.1) is 0 Å². The Morgan fingerprint density at radius 1 is 0.870 bits per heavy atom. The Morgan fingerprint density at radius 2 is 1.57 bits per heavy atom. The maximum Gasteiger partial charge on any atom is 0.150 e. The number of hydrogen-bond acceptors (Lipinski definition) is 2. The Morgan fingerprint density at radius 3 is 2.35 bits per heavy atom. The summed E-state index contributed by atoms with van der Waals surface area (Å²) in [5, 5.41) is 0. The number of carbonyl (C=O) groups is 1. The molecule has 0 unspecified atom stereocenters. The van der Waals surface area contributed by atoms with Gasteiger partial charge in [0.1, 0.15) is 6.29 Å². The molecule has 23 heavy (non-hydrogen) atoms. The highest BCUT2D eigenvalue weighted by atomic mass is 79.9. The molecule has 0 saturated heterocycles. The monoisotopic (exact) mass is 390 g/mol. The molecule has 0 spiro atoms. The third-order valence-electron chi connectivity index (χ3n) is 3.85. The summed E-state index contributed by atoms with van der Waals surface area (Å²) in [7, 11) is 0. The quantitative estimate of drug-likeness (QED) is 0.260. The van der Waals surface area contributed by atoms with Crippen LogP contribution in [0.4, 0.5) is 0 Å². The van der Waals surface area contributed by atoms with E-state index < -0.39 is 0 Å². The summed E-state index contributed by atoms with van der Waals surface area (Å²) < 4.78 is 1.14. The van der Waals surface area contributed by atoms with E-state index in [0.717, 1.165) is 22.7 Å². The summed E-state index contributed by atoms with van der Waals surface area (Å²) in [5.41, 5.74) is 2.03. The van der Waals surface area contributed by atoms with Gasteiger partial charge in [0.15, 0.2) is 0 Å². The van der Waals surface area contributed by atoms with Crippen molar-refractivity contribution >= 4 is 34.0 Å². The van der Waals surface area contributed by atoms with Gasteiger partial charge in [-0.3, -0.25) is 4.79 Å². The summed E-state index contributed by atoms with van der Waals surface area (Å²) >= 11 is 5.39. The first-order valence-electron chi connectivity index (χ1n) is 8.21. The molecule has 0 radical (unpaired) electrons. The third kappa shape index (κ3) is 6.92. The number of aryl methyl sites for hydroxylation is 1. The van der Waals surface area contributed by atoms with E-state index in [4.69, 9.17) is 0 Å². The van der Waals surface area contributed by atoms with E-state index in [9.17, 15) is 4.79 Å². The second-order valence-electron chi connectivity index (χ2n) is 5.64. The second kappa shape index (κ2) is 10.7. The molecule has 0 fully saturated rings. The smallest absolute Gasteiger partial charge is 0.150 e. The highest BCUT2D eigenvalue weighted by molar-refractivity contribution is 9.10. The van der Waals surface area contributed by atoms with Gasteiger partial charge in [-0.25, -0.2) is 0 Å². The maximum absolute atomic E-state index is 11.0. The van der Waals surface area contributed by atoms with Gasteiger partial charge in [-0.05, 0) is 54.8 Å². The van der Waals surface area contributed by atoms with E-state index >= 15 is 0 Å². The fourth-order valence-corrected chi connectivity index (χ4v) is 3.72. The number of benzene rings is 2. The molecule has 0 aliphatic rings. The lowest BCUT2D eigenvalue weighted by Gasteiger charge is -2.05. The molecule has 0 aromatic heterocycles. The van der Waals surface area contributed by atoms with E-state index in [0.29, 0.717) is 0 Å². The zero-order valence-corrected chi connectivity index (χ0v) is 15.7. The standard InChI is InChI=1S/C20H23BrOS/c21-19-11-13-20(14-12-19)23-15-7-3-1-2-4-8-17-9-5-6-10-18(17)16-22/h5-6,9-14,16H,1-4,7-8,15H2. The molecule has 1 nitrogen and oxygen atoms in total. The van der Waals surface area contributed by atoms with Crippen molar-refractivity contribution in [3.8, 4) is 0 Å². The van der Waals surface area contributed by atoms with Crippen LogP contribution in [-0.2, 0) is 6.42 Å². The van der Waals surface area contributed by atoms with Crippen LogP contribution in [0.15, 0.2) is 57.9 Å². The Labute approximate surface area is 152 Å². The number of rotatable bonds is 10. The Hall–Kier alpha value is -1.06. The molecule has 2 rings (SSSR count). The summed E-state index contributed by atoms with van der Waals surface area (Å²) in [5.74, 6) is 1.19. The first kappa shape index (κ1) is 18.3. The molecule has 0 aliphatic heterocycles. The molecule has 0 aliphatic carbocycles. The molecule has 0 N–H and O–H groups in total. The molecule has 0 heterocycles. The van der Waals surface area contributed by atoms with Crippen molar-refractivity contribution in [2.45, 2.75) is 43.4 Å². The average Bonchev–Trinajstić information content (AvgIpc) is 2.59. The first-order chi connectivity index (χ1) is 11.3. The number of halogens is 1. The largest absolute Gasteiger partial charge is 0.298 e. The van der Waals surface area contributed by atoms with Crippen LogP contribution in [-0.4, -0.2) is 12.0 Å². The van der Waals surface area contributed by atoms with Crippen molar-refractivity contribution in [1.82, 2.24) is 0 Å². The van der Waals surface area contributed by atoms with Gasteiger partial charge in [0.25, 0.3) is 0 Å². The molecule has 0 amide bonds. The van der Waals surface area contributed by atoms with Gasteiger partial charge in [0.05, 0.1) is 0 Å². The normalized spacial score (nSPS) is 10.7. The molecule has 3 heteroatoms. The van der Waals surface area contributed by atoms with Gasteiger partial charge >= 0.3 is 0 Å². The van der Waals surface area contributed by atoms with Gasteiger partial charge in [0, 0.05) is 14.9 Å². The maximum atomic E-state index is 11.0. The van der Waals surface area contributed by atoms with Crippen molar-refractivity contribution in [1.29, 1.82) is 0 Å². The van der Waals surface area contributed by atoms with Crippen molar-refractivity contribution in [3.05, 3.63) is 64.1 Å². The lowest BCUT2D eigenvalue weighted by Crippen LogP contribution is -1.92. The van der Waals surface area contributed by atoms with Crippen molar-refractivity contribution in [2.24, 2.45) is 0 Å². The molecule has 2 aromatic rings. The Kier molecular flexibility index (Phi) is 8.48. The molecule has 2 aromatic carbocycles. The van der Waals surface area contributed by atoms with Crippen molar-refractivity contribution in [3.63, 3.8) is 0 Å². The molecular weight excluding hydrogens is 368 g/mol. The van der Waals surface area contributed by atoms with Crippen LogP contribution >= 0.6 is 27.7 Å². The Bertz CT molecular complexity index is 595. The number of hydrogen-bond donors (Lipinski definition) is 0. The van der Waals surface area contributed by atoms with Gasteiger partial charge in [-0.15, -0.1) is 11.8 Å². The molecular formula is C20H23BrOS. The zero-order valence-electron chi connectivity index (χ0n) is 13.3. The number of aldehydes is 1. The van der Waals surface area contributed by atoms with Gasteiger partial charge in [-0.1, -0.05) is 59.5 Å². The van der Waals surface area contributed by atoms with Crippen LogP contribution in [0.1, 0.15) is 48.0 Å². The van der Waals surface area contributed by atoms with Crippen LogP contribution in [0.3, 0.4) is 0 Å². The average molecular weight is 391 g/mol. The molecule has 122 valence electrons. The van der Waals surface area contributed by atoms with Crippen molar-refractivity contribution in [2.75, 3.05) is 5.75 Å². The highest BCUT2D eigenvalue weighted by Gasteiger charge is 2.00. The summed E-state index contributed by atoms with van der Waals surface area (Å²) in [6.07, 6.45) is 8.24. The fraction of sp³-hybridized carbons (Fsp3) is 0.350. The number of carbonyl (C=O) groups excluding carboxylic acids is 1. The SMILES string of the molecule is O=Cc1ccccc1CCCCCCCSc1ccc(Br)cc1. The van der Waals surface area contributed by atoms with Crippen LogP contribution in [0.5, 0.6) is 0 Å². The van der Waals surface area contributed by atoms with E-state index in [1.54, 1.807) is 0 Å². The van der Waals surface area contributed by atoms with Crippen molar-refractivity contribution < 1.29 is 4.79 Å². The predicted octanol–water partition coefficient (Wildman–Crippen LogP) is 6.55. The van der Waals surface area contributed by atoms with Gasteiger partial charge in [-0.2, -0.15) is 0 Å². The summed E-state index contributed by atoms with van der Waals surface area (Å²) in [6, 6.07) is 16.4. The number of unbranched alkanes of at least 4 members (excludes halogenated alkanes) is 4. The molecule has 0 saturated carbocycles. The van der Waals surface area contributed by atoms with Crippen LogP contribution < -0.4 is 0 Å². The summed E-state index contributed by atoms with van der Waals surface area (Å²) in [4.78, 5) is 12.3. The molecule has 0 bridgehead atoms. The molecule has 0 atom stereocenters. The van der Waals surface area contributed by atoms with E-state index in [-0.39, 0.29) is 0 Å². The fourth-order valence-electron chi connectivity index (χ4n) is 2.55. The minimum absolute atomic E-state index is 0.846. The van der Waals surface area contributed by atoms with Gasteiger partial charge in [0.2, 0.25) is 0 Å². The number of thioether (sulfide) groups is 1. The zero-order chi connectivity index (χ0) is 16.3. The highest BCUT2D eigenvalue weighted by Crippen LogP contribution is 2.22.